The topological polar surface area (TPSA) is 76.2 Å². The van der Waals surface area contributed by atoms with Crippen LogP contribution in [0.15, 0.2) is 27.6 Å². The molecule has 3 heterocycles. The summed E-state index contributed by atoms with van der Waals surface area (Å²) in [5.74, 6) is 1.07. The van der Waals surface area contributed by atoms with E-state index in [0.717, 1.165) is 23.9 Å². The zero-order valence-corrected chi connectivity index (χ0v) is 9.96. The van der Waals surface area contributed by atoms with Crippen molar-refractivity contribution in [1.29, 1.82) is 0 Å². The number of fused-ring (bicyclic) bond motifs is 2. The first-order valence-electron chi connectivity index (χ1n) is 6.05. The van der Waals surface area contributed by atoms with Crippen LogP contribution in [0, 0.1) is 0 Å². The van der Waals surface area contributed by atoms with E-state index < -0.39 is 0 Å². The highest BCUT2D eigenvalue weighted by Crippen LogP contribution is 2.02. The fourth-order valence-electron chi connectivity index (χ4n) is 2.28. The van der Waals surface area contributed by atoms with E-state index >= 15 is 0 Å². The van der Waals surface area contributed by atoms with E-state index in [0.29, 0.717) is 16.9 Å². The highest BCUT2D eigenvalue weighted by Gasteiger charge is 2.11. The zero-order chi connectivity index (χ0) is 12.8. The summed E-state index contributed by atoms with van der Waals surface area (Å²) in [6.07, 6.45) is 7.07. The summed E-state index contributed by atoms with van der Waals surface area (Å²) >= 11 is 0. The molecule has 0 unspecified atom stereocenters. The second kappa shape index (κ2) is 3.68. The van der Waals surface area contributed by atoms with Gasteiger partial charge in [-0.05, 0) is 25.0 Å². The molecular formula is C13H10N4O2. The number of nitrogens with one attached hydrogen (secondary N) is 1. The van der Waals surface area contributed by atoms with Crippen molar-refractivity contribution in [1.82, 2.24) is 19.6 Å². The first-order valence-corrected chi connectivity index (χ1v) is 6.05. The van der Waals surface area contributed by atoms with Gasteiger partial charge in [-0.1, -0.05) is 6.08 Å². The molecule has 6 nitrogen and oxygen atoms in total. The predicted octanol–water partition coefficient (Wildman–Crippen LogP) is -0.434. The summed E-state index contributed by atoms with van der Waals surface area (Å²) < 4.78 is 6.77. The molecule has 0 fully saturated rings. The molecule has 0 spiro atoms. The summed E-state index contributed by atoms with van der Waals surface area (Å²) in [5.41, 5.74) is 0.700. The van der Waals surface area contributed by atoms with Crippen LogP contribution >= 0.6 is 0 Å². The Balaban J connectivity index is 2.10. The minimum Gasteiger partial charge on any atom is -0.465 e. The van der Waals surface area contributed by atoms with Gasteiger partial charge in [0.1, 0.15) is 11.1 Å². The molecule has 0 aromatic carbocycles. The lowest BCUT2D eigenvalue weighted by Gasteiger charge is -1.95. The van der Waals surface area contributed by atoms with E-state index in [1.807, 2.05) is 6.08 Å². The first kappa shape index (κ1) is 10.3. The number of furan rings is 1. The monoisotopic (exact) mass is 254 g/mol. The molecule has 3 aromatic rings. The summed E-state index contributed by atoms with van der Waals surface area (Å²) in [5, 5.41) is 5.77. The van der Waals surface area contributed by atoms with Crippen molar-refractivity contribution in [3.63, 3.8) is 0 Å². The predicted molar refractivity (Wildman–Crippen MR) is 67.9 cm³/mol. The van der Waals surface area contributed by atoms with Gasteiger partial charge in [0, 0.05) is 6.08 Å². The highest BCUT2D eigenvalue weighted by atomic mass is 16.3. The van der Waals surface area contributed by atoms with Gasteiger partial charge in [0.15, 0.2) is 0 Å². The molecule has 3 aromatic heterocycles. The smallest absolute Gasteiger partial charge is 0.276 e. The van der Waals surface area contributed by atoms with Gasteiger partial charge in [-0.3, -0.25) is 9.78 Å². The summed E-state index contributed by atoms with van der Waals surface area (Å²) in [6, 6.07) is 3.56. The molecule has 1 aliphatic carbocycles. The Morgan fingerprint density at radius 1 is 1.47 bits per heavy atom. The lowest BCUT2D eigenvalue weighted by atomic mass is 10.3. The second-order valence-corrected chi connectivity index (χ2v) is 4.42. The number of hydrogen-bond donors (Lipinski definition) is 1. The minimum absolute atomic E-state index is 0.222. The maximum absolute atomic E-state index is 12.0. The van der Waals surface area contributed by atoms with Crippen LogP contribution in [-0.4, -0.2) is 19.6 Å². The Labute approximate surface area is 106 Å². The standard InChI is InChI=1S/C13H10N4O2/c18-12-11(7-8-3-2-6-19-8)17-13(15-12)14-9-4-1-5-10(9)16-17/h2-4,6-7H,1,5H2,(H,14,15,18)/b11-7+. The maximum Gasteiger partial charge on any atom is 0.276 e. The summed E-state index contributed by atoms with van der Waals surface area (Å²) in [4.78, 5) is 19.1. The molecule has 0 atom stereocenters. The van der Waals surface area contributed by atoms with Crippen molar-refractivity contribution in [3.8, 4) is 0 Å². The summed E-state index contributed by atoms with van der Waals surface area (Å²) in [7, 11) is 0. The van der Waals surface area contributed by atoms with Crippen molar-refractivity contribution < 1.29 is 4.42 Å². The first-order chi connectivity index (χ1) is 9.31. The van der Waals surface area contributed by atoms with E-state index in [1.165, 1.54) is 0 Å². The van der Waals surface area contributed by atoms with Crippen molar-refractivity contribution in [2.45, 2.75) is 12.8 Å². The number of imidazole rings is 1. The van der Waals surface area contributed by atoms with Crippen LogP contribution in [0.4, 0.5) is 0 Å². The van der Waals surface area contributed by atoms with Crippen LogP contribution in [0.3, 0.4) is 0 Å². The fourth-order valence-corrected chi connectivity index (χ4v) is 2.28. The molecule has 6 heteroatoms. The molecule has 0 saturated carbocycles. The van der Waals surface area contributed by atoms with Crippen molar-refractivity contribution in [2.75, 3.05) is 0 Å². The lowest BCUT2D eigenvalue weighted by molar-refractivity contribution is 0.556. The van der Waals surface area contributed by atoms with Gasteiger partial charge in [0.05, 0.1) is 17.3 Å². The van der Waals surface area contributed by atoms with Crippen LogP contribution < -0.4 is 16.3 Å². The number of rotatable bonds is 1. The van der Waals surface area contributed by atoms with Crippen molar-refractivity contribution in [3.05, 3.63) is 50.9 Å². The molecule has 0 aliphatic heterocycles. The normalized spacial score (nSPS) is 14.8. The van der Waals surface area contributed by atoms with Crippen molar-refractivity contribution in [2.24, 2.45) is 0 Å². The Hall–Kier alpha value is -2.63. The van der Waals surface area contributed by atoms with E-state index in [1.54, 1.807) is 29.0 Å². The van der Waals surface area contributed by atoms with Gasteiger partial charge in [0.25, 0.3) is 5.56 Å². The number of aromatic nitrogens is 4. The quantitative estimate of drug-likeness (QED) is 0.639. The van der Waals surface area contributed by atoms with Gasteiger partial charge in [-0.15, -0.1) is 0 Å². The molecule has 0 saturated heterocycles. The van der Waals surface area contributed by atoms with Crippen LogP contribution in [0.1, 0.15) is 17.9 Å². The van der Waals surface area contributed by atoms with E-state index in [4.69, 9.17) is 4.42 Å². The van der Waals surface area contributed by atoms with Crippen LogP contribution in [-0.2, 0) is 6.42 Å². The third kappa shape index (κ3) is 1.53. The number of aromatic amines is 1. The van der Waals surface area contributed by atoms with Gasteiger partial charge in [-0.2, -0.15) is 9.61 Å². The molecule has 0 radical (unpaired) electrons. The average Bonchev–Trinajstić information content (AvgIpc) is 3.10. The van der Waals surface area contributed by atoms with Crippen molar-refractivity contribution >= 4 is 17.9 Å². The molecular weight excluding hydrogens is 244 g/mol. The Morgan fingerprint density at radius 2 is 2.42 bits per heavy atom. The molecule has 0 bridgehead atoms. The number of nitrogens with zero attached hydrogens (tertiary/aromatic N) is 3. The van der Waals surface area contributed by atoms with E-state index in [2.05, 4.69) is 15.1 Å². The number of hydrogen-bond acceptors (Lipinski definition) is 4. The van der Waals surface area contributed by atoms with Gasteiger partial charge < -0.3 is 4.42 Å². The van der Waals surface area contributed by atoms with Gasteiger partial charge in [-0.25, -0.2) is 4.98 Å². The van der Waals surface area contributed by atoms with Crippen LogP contribution in [0.5, 0.6) is 0 Å². The van der Waals surface area contributed by atoms with Crippen LogP contribution in [0.25, 0.3) is 17.9 Å². The maximum atomic E-state index is 12.0. The molecule has 1 aliphatic rings. The Morgan fingerprint density at radius 3 is 3.26 bits per heavy atom. The largest absolute Gasteiger partial charge is 0.465 e. The Bertz CT molecular complexity index is 932. The molecule has 94 valence electrons. The van der Waals surface area contributed by atoms with E-state index in [9.17, 15) is 4.79 Å². The van der Waals surface area contributed by atoms with Gasteiger partial charge >= 0.3 is 0 Å². The third-order valence-electron chi connectivity index (χ3n) is 3.17. The average molecular weight is 254 g/mol. The third-order valence-corrected chi connectivity index (χ3v) is 3.17. The molecule has 19 heavy (non-hydrogen) atoms. The molecule has 0 amide bonds. The summed E-state index contributed by atoms with van der Waals surface area (Å²) in [6.45, 7) is 0. The fraction of sp³-hybridized carbons (Fsp3) is 0.154. The van der Waals surface area contributed by atoms with Gasteiger partial charge in [0.2, 0.25) is 5.78 Å². The zero-order valence-electron chi connectivity index (χ0n) is 9.96. The highest BCUT2D eigenvalue weighted by molar-refractivity contribution is 5.43. The molecule has 4 rings (SSSR count). The Kier molecular flexibility index (Phi) is 2.00. The number of aryl methyl sites for hydroxylation is 1. The molecule has 1 N–H and O–H groups in total. The van der Waals surface area contributed by atoms with Crippen LogP contribution in [0.2, 0.25) is 0 Å². The lowest BCUT2D eigenvalue weighted by Crippen LogP contribution is -2.28. The second-order valence-electron chi connectivity index (χ2n) is 4.42. The number of H-pyrrole nitrogens is 1. The minimum atomic E-state index is -0.222. The SMILES string of the molecule is O=c1[nH]c2nc3c(nn2/c1=C/c1ccco1)CCC=3. The van der Waals surface area contributed by atoms with E-state index in [-0.39, 0.29) is 5.56 Å².